The molecule has 0 aromatic heterocycles. The molecule has 52 valence electrons. The first kappa shape index (κ1) is 5.65. The van der Waals surface area contributed by atoms with Crippen molar-refractivity contribution in [3.8, 4) is 0 Å². The Hall–Kier alpha value is -1.12. The summed E-state index contributed by atoms with van der Waals surface area (Å²) in [4.78, 5) is 2.16. The topological polar surface area (TPSA) is 28.0 Å². The first-order chi connectivity index (χ1) is 4.86. The second-order valence-corrected chi connectivity index (χ2v) is 2.61. The van der Waals surface area contributed by atoms with Gasteiger partial charge in [-0.3, -0.25) is 0 Å². The van der Waals surface area contributed by atoms with Gasteiger partial charge in [-0.15, -0.1) is 0 Å². The van der Waals surface area contributed by atoms with Crippen LogP contribution in [0.25, 0.3) is 0 Å². The summed E-state index contributed by atoms with van der Waals surface area (Å²) >= 11 is 0. The van der Waals surface area contributed by atoms with E-state index in [-0.39, 0.29) is 0 Å². The highest BCUT2D eigenvalue weighted by atomic mass is 15.2. The predicted octanol–water partition coefficient (Wildman–Crippen LogP) is 0.646. The molecule has 0 saturated carbocycles. The SMILES string of the molecule is CN1C=C2C=NN=C2CC1. The van der Waals surface area contributed by atoms with Crippen LogP contribution in [-0.4, -0.2) is 30.4 Å². The molecule has 0 amide bonds. The molecular weight excluding hydrogens is 126 g/mol. The standard InChI is InChI=1S/C7H9N3/c1-10-3-2-7-6(5-10)4-8-9-7/h4-5H,2-3H2,1H3. The van der Waals surface area contributed by atoms with Crippen LogP contribution < -0.4 is 0 Å². The molecule has 0 unspecified atom stereocenters. The monoisotopic (exact) mass is 135 g/mol. The Bertz CT molecular complexity index is 237. The van der Waals surface area contributed by atoms with Crippen LogP contribution in [0.15, 0.2) is 22.0 Å². The van der Waals surface area contributed by atoms with Crippen molar-refractivity contribution in [2.75, 3.05) is 13.6 Å². The predicted molar refractivity (Wildman–Crippen MR) is 41.3 cm³/mol. The minimum absolute atomic E-state index is 1.03. The minimum Gasteiger partial charge on any atom is -0.379 e. The lowest BCUT2D eigenvalue weighted by Gasteiger charge is -2.19. The third kappa shape index (κ3) is 0.744. The Kier molecular flexibility index (Phi) is 1.09. The quantitative estimate of drug-likeness (QED) is 0.479. The van der Waals surface area contributed by atoms with E-state index in [4.69, 9.17) is 0 Å². The maximum Gasteiger partial charge on any atom is 0.0751 e. The molecule has 2 heterocycles. The number of hydrogen-bond acceptors (Lipinski definition) is 3. The third-order valence-electron chi connectivity index (χ3n) is 1.77. The van der Waals surface area contributed by atoms with Gasteiger partial charge >= 0.3 is 0 Å². The van der Waals surface area contributed by atoms with Crippen LogP contribution in [0.3, 0.4) is 0 Å². The van der Waals surface area contributed by atoms with Gasteiger partial charge in [-0.2, -0.15) is 10.2 Å². The molecule has 0 aliphatic carbocycles. The van der Waals surface area contributed by atoms with E-state index in [1.807, 2.05) is 6.21 Å². The summed E-state index contributed by atoms with van der Waals surface area (Å²) in [7, 11) is 2.07. The smallest absolute Gasteiger partial charge is 0.0751 e. The van der Waals surface area contributed by atoms with Gasteiger partial charge in [0.2, 0.25) is 0 Å². The van der Waals surface area contributed by atoms with Crippen LogP contribution in [0.1, 0.15) is 6.42 Å². The van der Waals surface area contributed by atoms with Crippen LogP contribution in [0, 0.1) is 0 Å². The van der Waals surface area contributed by atoms with Gasteiger partial charge in [0.05, 0.1) is 11.9 Å². The summed E-state index contributed by atoms with van der Waals surface area (Å²) in [6, 6.07) is 0. The molecule has 2 rings (SSSR count). The van der Waals surface area contributed by atoms with Crippen LogP contribution in [0.5, 0.6) is 0 Å². The molecule has 0 radical (unpaired) electrons. The summed E-state index contributed by atoms with van der Waals surface area (Å²) in [6.45, 7) is 1.06. The molecule has 0 fully saturated rings. The average molecular weight is 135 g/mol. The van der Waals surface area contributed by atoms with Gasteiger partial charge in [-0.05, 0) is 0 Å². The van der Waals surface area contributed by atoms with Gasteiger partial charge in [-0.25, -0.2) is 0 Å². The van der Waals surface area contributed by atoms with Crippen molar-refractivity contribution < 1.29 is 0 Å². The molecule has 2 aliphatic heterocycles. The fraction of sp³-hybridized carbons (Fsp3) is 0.429. The number of fused-ring (bicyclic) bond motifs is 1. The second-order valence-electron chi connectivity index (χ2n) is 2.61. The Morgan fingerprint density at radius 3 is 3.40 bits per heavy atom. The van der Waals surface area contributed by atoms with Gasteiger partial charge in [-0.1, -0.05) is 0 Å². The summed E-state index contributed by atoms with van der Waals surface area (Å²) in [5.74, 6) is 0. The Labute approximate surface area is 59.7 Å². The second kappa shape index (κ2) is 1.94. The lowest BCUT2D eigenvalue weighted by Crippen LogP contribution is -2.23. The highest BCUT2D eigenvalue weighted by Crippen LogP contribution is 2.13. The third-order valence-corrected chi connectivity index (χ3v) is 1.77. The van der Waals surface area contributed by atoms with Crippen molar-refractivity contribution in [3.05, 3.63) is 11.8 Å². The molecule has 3 nitrogen and oxygen atoms in total. The van der Waals surface area contributed by atoms with E-state index < -0.39 is 0 Å². The molecule has 0 N–H and O–H groups in total. The van der Waals surface area contributed by atoms with Crippen molar-refractivity contribution in [1.29, 1.82) is 0 Å². The molecule has 0 spiro atoms. The Morgan fingerprint density at radius 2 is 2.50 bits per heavy atom. The van der Waals surface area contributed by atoms with E-state index in [1.54, 1.807) is 0 Å². The zero-order chi connectivity index (χ0) is 6.97. The zero-order valence-corrected chi connectivity index (χ0v) is 5.91. The van der Waals surface area contributed by atoms with E-state index in [1.165, 1.54) is 5.57 Å². The minimum atomic E-state index is 1.03. The molecule has 0 saturated heterocycles. The normalized spacial score (nSPS) is 22.3. The van der Waals surface area contributed by atoms with Crippen LogP contribution in [0.2, 0.25) is 0 Å². The number of rotatable bonds is 0. The number of nitrogens with zero attached hydrogens (tertiary/aromatic N) is 3. The molecule has 3 heteroatoms. The zero-order valence-electron chi connectivity index (χ0n) is 5.91. The van der Waals surface area contributed by atoms with Gasteiger partial charge in [0, 0.05) is 31.8 Å². The highest BCUT2D eigenvalue weighted by molar-refractivity contribution is 6.18. The van der Waals surface area contributed by atoms with Crippen molar-refractivity contribution >= 4 is 11.9 Å². The van der Waals surface area contributed by atoms with E-state index in [9.17, 15) is 0 Å². The van der Waals surface area contributed by atoms with E-state index in [0.717, 1.165) is 18.7 Å². The average Bonchev–Trinajstić information content (AvgIpc) is 2.33. The van der Waals surface area contributed by atoms with Crippen LogP contribution in [-0.2, 0) is 0 Å². The van der Waals surface area contributed by atoms with Crippen LogP contribution >= 0.6 is 0 Å². The fourth-order valence-corrected chi connectivity index (χ4v) is 1.18. The highest BCUT2D eigenvalue weighted by Gasteiger charge is 2.15. The summed E-state index contributed by atoms with van der Waals surface area (Å²) in [6.07, 6.45) is 4.92. The van der Waals surface area contributed by atoms with E-state index in [0.29, 0.717) is 0 Å². The first-order valence-corrected chi connectivity index (χ1v) is 3.38. The van der Waals surface area contributed by atoms with Crippen molar-refractivity contribution in [2.24, 2.45) is 10.2 Å². The lowest BCUT2D eigenvalue weighted by atomic mass is 10.1. The fourth-order valence-electron chi connectivity index (χ4n) is 1.18. The maximum absolute atomic E-state index is 3.98. The van der Waals surface area contributed by atoms with E-state index in [2.05, 4.69) is 28.4 Å². The molecule has 0 aromatic carbocycles. The van der Waals surface area contributed by atoms with Gasteiger partial charge in [0.1, 0.15) is 0 Å². The Morgan fingerprint density at radius 1 is 1.60 bits per heavy atom. The summed E-state index contributed by atoms with van der Waals surface area (Å²) in [5.41, 5.74) is 2.31. The molecule has 10 heavy (non-hydrogen) atoms. The van der Waals surface area contributed by atoms with Crippen LogP contribution in [0.4, 0.5) is 0 Å². The largest absolute Gasteiger partial charge is 0.379 e. The van der Waals surface area contributed by atoms with Gasteiger partial charge < -0.3 is 4.90 Å². The molecule has 0 bridgehead atoms. The van der Waals surface area contributed by atoms with Gasteiger partial charge in [0.15, 0.2) is 0 Å². The number of hydrogen-bond donors (Lipinski definition) is 0. The number of allylic oxidation sites excluding steroid dienone is 1. The molecule has 2 aliphatic rings. The molecular formula is C7H9N3. The van der Waals surface area contributed by atoms with Crippen molar-refractivity contribution in [3.63, 3.8) is 0 Å². The van der Waals surface area contributed by atoms with Gasteiger partial charge in [0.25, 0.3) is 0 Å². The molecule has 0 atom stereocenters. The lowest BCUT2D eigenvalue weighted by molar-refractivity contribution is 0.462. The summed E-state index contributed by atoms with van der Waals surface area (Å²) in [5, 5.41) is 7.81. The first-order valence-electron chi connectivity index (χ1n) is 3.38. The summed E-state index contributed by atoms with van der Waals surface area (Å²) < 4.78 is 0. The maximum atomic E-state index is 3.98. The Balaban J connectivity index is 2.34. The van der Waals surface area contributed by atoms with E-state index >= 15 is 0 Å². The molecule has 0 aromatic rings. The van der Waals surface area contributed by atoms with Crippen molar-refractivity contribution in [1.82, 2.24) is 4.90 Å². The van der Waals surface area contributed by atoms with Crippen molar-refractivity contribution in [2.45, 2.75) is 6.42 Å².